The minimum absolute atomic E-state index is 0.0116. The predicted octanol–water partition coefficient (Wildman–Crippen LogP) is 1.61. The Balaban J connectivity index is 1.78. The molecule has 1 saturated heterocycles. The Hall–Kier alpha value is -1.46. The van der Waals surface area contributed by atoms with E-state index in [0.29, 0.717) is 6.42 Å². The molecule has 1 aliphatic heterocycles. The molecule has 0 amide bonds. The van der Waals surface area contributed by atoms with Gasteiger partial charge in [-0.25, -0.2) is 4.39 Å². The summed E-state index contributed by atoms with van der Waals surface area (Å²) >= 11 is 0. The first-order valence-electron chi connectivity index (χ1n) is 6.33. The summed E-state index contributed by atoms with van der Waals surface area (Å²) in [6.07, 6.45) is -2.11. The van der Waals surface area contributed by atoms with Gasteiger partial charge in [0.1, 0.15) is 12.2 Å². The summed E-state index contributed by atoms with van der Waals surface area (Å²) in [4.78, 5) is 11.7. The first kappa shape index (κ1) is 14.0. The predicted molar refractivity (Wildman–Crippen MR) is 66.1 cm³/mol. The highest BCUT2D eigenvalue weighted by Crippen LogP contribution is 2.24. The molecule has 0 spiro atoms. The summed E-state index contributed by atoms with van der Waals surface area (Å²) in [6.45, 7) is -0.350. The second-order valence-electron chi connectivity index (χ2n) is 4.52. The van der Waals surface area contributed by atoms with Crippen molar-refractivity contribution in [2.24, 2.45) is 0 Å². The maximum Gasteiger partial charge on any atom is 0.306 e. The molecule has 4 nitrogen and oxygen atoms in total. The monoisotopic (exact) mass is 268 g/mol. The van der Waals surface area contributed by atoms with Gasteiger partial charge in [0.05, 0.1) is 6.61 Å². The zero-order valence-corrected chi connectivity index (χ0v) is 10.5. The topological polar surface area (TPSA) is 55.8 Å². The number of halogens is 1. The first-order valence-corrected chi connectivity index (χ1v) is 6.33. The van der Waals surface area contributed by atoms with Crippen molar-refractivity contribution < 1.29 is 23.8 Å². The van der Waals surface area contributed by atoms with Crippen LogP contribution in [0.1, 0.15) is 18.4 Å². The smallest absolute Gasteiger partial charge is 0.306 e. The lowest BCUT2D eigenvalue weighted by Gasteiger charge is -2.16. The number of ether oxygens (including phenoxy) is 2. The van der Waals surface area contributed by atoms with Crippen LogP contribution in [0.3, 0.4) is 0 Å². The first-order chi connectivity index (χ1) is 9.19. The maximum absolute atomic E-state index is 13.0. The number of carbonyl (C=O) groups excluding carboxylic acids is 1. The number of aliphatic hydroxyl groups excluding tert-OH is 1. The van der Waals surface area contributed by atoms with Crippen LogP contribution in [0.2, 0.25) is 0 Å². The van der Waals surface area contributed by atoms with Gasteiger partial charge in [0.2, 0.25) is 6.36 Å². The van der Waals surface area contributed by atoms with E-state index in [2.05, 4.69) is 0 Å². The van der Waals surface area contributed by atoms with Gasteiger partial charge in [0.15, 0.2) is 0 Å². The molecule has 1 N–H and O–H groups in total. The third kappa shape index (κ3) is 4.01. The lowest BCUT2D eigenvalue weighted by atomic mass is 10.1. The van der Waals surface area contributed by atoms with Crippen LogP contribution in [-0.2, 0) is 20.7 Å². The Labute approximate surface area is 111 Å². The number of rotatable bonds is 5. The number of carbonyl (C=O) groups is 1. The zero-order valence-electron chi connectivity index (χ0n) is 10.5. The largest absolute Gasteiger partial charge is 0.459 e. The van der Waals surface area contributed by atoms with Crippen molar-refractivity contribution in [1.82, 2.24) is 0 Å². The van der Waals surface area contributed by atoms with E-state index in [1.165, 1.54) is 0 Å². The minimum atomic E-state index is -1.47. The molecular weight excluding hydrogens is 251 g/mol. The second kappa shape index (κ2) is 6.63. The normalized spacial score (nSPS) is 26.3. The van der Waals surface area contributed by atoms with Gasteiger partial charge in [-0.15, -0.1) is 0 Å². The lowest BCUT2D eigenvalue weighted by Crippen LogP contribution is -2.30. The van der Waals surface area contributed by atoms with E-state index < -0.39 is 24.5 Å². The van der Waals surface area contributed by atoms with E-state index >= 15 is 0 Å². The molecule has 0 aliphatic carbocycles. The molecule has 1 aliphatic rings. The molecule has 1 aromatic rings. The van der Waals surface area contributed by atoms with E-state index in [9.17, 15) is 9.18 Å². The van der Waals surface area contributed by atoms with Crippen molar-refractivity contribution in [1.29, 1.82) is 0 Å². The Morgan fingerprint density at radius 1 is 1.42 bits per heavy atom. The molecule has 1 fully saturated rings. The Morgan fingerprint density at radius 2 is 2.16 bits per heavy atom. The van der Waals surface area contributed by atoms with Gasteiger partial charge in [-0.3, -0.25) is 4.79 Å². The Kier molecular flexibility index (Phi) is 4.87. The third-order valence-electron chi connectivity index (χ3n) is 3.08. The van der Waals surface area contributed by atoms with Crippen molar-refractivity contribution in [3.05, 3.63) is 35.9 Å². The Bertz CT molecular complexity index is 409. The summed E-state index contributed by atoms with van der Waals surface area (Å²) in [5, 5.41) is 8.99. The van der Waals surface area contributed by atoms with Crippen LogP contribution in [0.4, 0.5) is 4.39 Å². The highest BCUT2D eigenvalue weighted by Gasteiger charge is 2.37. The van der Waals surface area contributed by atoms with E-state index in [4.69, 9.17) is 14.6 Å². The lowest BCUT2D eigenvalue weighted by molar-refractivity contribution is -0.153. The number of aliphatic hydroxyl groups is 1. The average Bonchev–Trinajstić information content (AvgIpc) is 2.77. The summed E-state index contributed by atoms with van der Waals surface area (Å²) in [6, 6.07) is 9.58. The molecule has 0 aromatic heterocycles. The van der Waals surface area contributed by atoms with Gasteiger partial charge in [-0.2, -0.15) is 0 Å². The molecule has 104 valence electrons. The molecule has 3 unspecified atom stereocenters. The number of aryl methyl sites for hydroxylation is 1. The number of hydrogen-bond acceptors (Lipinski definition) is 4. The molecule has 3 atom stereocenters. The van der Waals surface area contributed by atoms with Crippen LogP contribution in [-0.4, -0.2) is 36.2 Å². The molecule has 5 heteroatoms. The summed E-state index contributed by atoms with van der Waals surface area (Å²) in [5.41, 5.74) is 1.05. The van der Waals surface area contributed by atoms with Crippen LogP contribution < -0.4 is 0 Å². The van der Waals surface area contributed by atoms with E-state index in [-0.39, 0.29) is 19.4 Å². The van der Waals surface area contributed by atoms with E-state index in [0.717, 1.165) is 5.56 Å². The zero-order chi connectivity index (χ0) is 13.7. The number of benzene rings is 1. The molecular formula is C14H17FO4. The highest BCUT2D eigenvalue weighted by molar-refractivity contribution is 5.70. The number of esters is 1. The molecule has 19 heavy (non-hydrogen) atoms. The maximum atomic E-state index is 13.0. The van der Waals surface area contributed by atoms with Crippen LogP contribution in [0.15, 0.2) is 30.3 Å². The molecule has 0 bridgehead atoms. The third-order valence-corrected chi connectivity index (χ3v) is 3.08. The summed E-state index contributed by atoms with van der Waals surface area (Å²) in [7, 11) is 0. The molecule has 1 aromatic carbocycles. The summed E-state index contributed by atoms with van der Waals surface area (Å²) < 4.78 is 22.9. The van der Waals surface area contributed by atoms with Gasteiger partial charge in [0.25, 0.3) is 0 Å². The molecule has 2 rings (SSSR count). The van der Waals surface area contributed by atoms with Gasteiger partial charge in [0, 0.05) is 12.8 Å². The van der Waals surface area contributed by atoms with Gasteiger partial charge < -0.3 is 14.6 Å². The minimum Gasteiger partial charge on any atom is -0.459 e. The Morgan fingerprint density at radius 3 is 2.84 bits per heavy atom. The van der Waals surface area contributed by atoms with Gasteiger partial charge in [-0.1, -0.05) is 30.3 Å². The standard InChI is InChI=1S/C14H17FO4/c15-13-8-11(12(9-16)18-13)19-14(17)7-6-10-4-2-1-3-5-10/h1-5,11-13,16H,6-9H2. The fraction of sp³-hybridized carbons (Fsp3) is 0.500. The second-order valence-corrected chi connectivity index (χ2v) is 4.52. The highest BCUT2D eigenvalue weighted by atomic mass is 19.1. The van der Waals surface area contributed by atoms with Crippen molar-refractivity contribution in [3.8, 4) is 0 Å². The SMILES string of the molecule is O=C(CCc1ccccc1)OC1CC(F)OC1CO. The fourth-order valence-corrected chi connectivity index (χ4v) is 2.07. The van der Waals surface area contributed by atoms with Crippen LogP contribution in [0.25, 0.3) is 0 Å². The van der Waals surface area contributed by atoms with Crippen LogP contribution in [0, 0.1) is 0 Å². The van der Waals surface area contributed by atoms with E-state index in [1.807, 2.05) is 30.3 Å². The van der Waals surface area contributed by atoms with Crippen LogP contribution in [0.5, 0.6) is 0 Å². The van der Waals surface area contributed by atoms with Crippen molar-refractivity contribution in [2.75, 3.05) is 6.61 Å². The van der Waals surface area contributed by atoms with Crippen LogP contribution >= 0.6 is 0 Å². The molecule has 1 heterocycles. The number of hydrogen-bond donors (Lipinski definition) is 1. The van der Waals surface area contributed by atoms with E-state index in [1.54, 1.807) is 0 Å². The molecule has 0 saturated carbocycles. The van der Waals surface area contributed by atoms with Gasteiger partial charge >= 0.3 is 5.97 Å². The molecule has 0 radical (unpaired) electrons. The summed E-state index contributed by atoms with van der Waals surface area (Å²) in [5.74, 6) is -0.398. The fourth-order valence-electron chi connectivity index (χ4n) is 2.07. The van der Waals surface area contributed by atoms with Gasteiger partial charge in [-0.05, 0) is 12.0 Å². The van der Waals surface area contributed by atoms with Crippen molar-refractivity contribution in [2.45, 2.75) is 37.8 Å². The van der Waals surface area contributed by atoms with Crippen molar-refractivity contribution >= 4 is 5.97 Å². The average molecular weight is 268 g/mol. The quantitative estimate of drug-likeness (QED) is 0.824. The van der Waals surface area contributed by atoms with Crippen molar-refractivity contribution in [3.63, 3.8) is 0 Å². The number of alkyl halides is 1.